The number of methoxy groups -OCH3 is 2. The summed E-state index contributed by atoms with van der Waals surface area (Å²) in [4.78, 5) is 13.2. The maximum atomic E-state index is 11.1. The van der Waals surface area contributed by atoms with Gasteiger partial charge in [-0.15, -0.1) is 0 Å². The van der Waals surface area contributed by atoms with Crippen LogP contribution < -0.4 is 24.8 Å². The zero-order valence-electron chi connectivity index (χ0n) is 14.6. The molecule has 0 aromatic heterocycles. The molecule has 0 atom stereocenters. The third kappa shape index (κ3) is 5.91. The van der Waals surface area contributed by atoms with Crippen LogP contribution >= 0.6 is 0 Å². The van der Waals surface area contributed by atoms with Gasteiger partial charge in [0, 0.05) is 18.7 Å². The first-order valence-corrected chi connectivity index (χ1v) is 8.06. The summed E-state index contributed by atoms with van der Waals surface area (Å²) in [5, 5.41) is 0. The molecule has 0 radical (unpaired) electrons. The molecule has 0 saturated carbocycles. The highest BCUT2D eigenvalue weighted by molar-refractivity contribution is 5.74. The van der Waals surface area contributed by atoms with Gasteiger partial charge in [-0.05, 0) is 48.5 Å². The number of nitrogens with zero attached hydrogens (tertiary/aromatic N) is 1. The molecule has 0 aliphatic carbocycles. The molecule has 2 aromatic carbocycles. The van der Waals surface area contributed by atoms with E-state index in [1.807, 2.05) is 48.5 Å². The second-order valence-corrected chi connectivity index (χ2v) is 5.43. The monoisotopic (exact) mass is 344 g/mol. The highest BCUT2D eigenvalue weighted by atomic mass is 16.5. The number of benzene rings is 2. The predicted octanol–water partition coefficient (Wildman–Crippen LogP) is 2.46. The maximum absolute atomic E-state index is 11.1. The fraction of sp³-hybridized carbons (Fsp3) is 0.316. The lowest BCUT2D eigenvalue weighted by Gasteiger charge is -2.24. The highest BCUT2D eigenvalue weighted by Crippen LogP contribution is 2.20. The Bertz CT molecular complexity index is 656. The summed E-state index contributed by atoms with van der Waals surface area (Å²) >= 11 is 0. The molecule has 2 aromatic rings. The van der Waals surface area contributed by atoms with E-state index in [4.69, 9.17) is 19.9 Å². The van der Waals surface area contributed by atoms with E-state index < -0.39 is 0 Å². The number of nitrogens with two attached hydrogens (primary N) is 1. The lowest BCUT2D eigenvalue weighted by molar-refractivity contribution is -0.117. The van der Waals surface area contributed by atoms with E-state index in [1.54, 1.807) is 14.2 Å². The quantitative estimate of drug-likeness (QED) is 0.717. The van der Waals surface area contributed by atoms with Crippen molar-refractivity contribution in [3.8, 4) is 17.2 Å². The van der Waals surface area contributed by atoms with Crippen LogP contribution in [0.3, 0.4) is 0 Å². The van der Waals surface area contributed by atoms with Crippen LogP contribution in [-0.2, 0) is 4.79 Å². The zero-order valence-corrected chi connectivity index (χ0v) is 14.6. The molecular formula is C19H24N2O4. The Morgan fingerprint density at radius 3 is 1.92 bits per heavy atom. The second-order valence-electron chi connectivity index (χ2n) is 5.43. The molecule has 0 spiro atoms. The van der Waals surface area contributed by atoms with Crippen molar-refractivity contribution < 1.29 is 19.0 Å². The van der Waals surface area contributed by atoms with Gasteiger partial charge >= 0.3 is 0 Å². The number of rotatable bonds is 10. The van der Waals surface area contributed by atoms with E-state index in [9.17, 15) is 4.79 Å². The summed E-state index contributed by atoms with van der Waals surface area (Å²) in [7, 11) is 3.25. The van der Waals surface area contributed by atoms with Crippen LogP contribution in [0.15, 0.2) is 48.5 Å². The minimum atomic E-state index is -0.324. The van der Waals surface area contributed by atoms with Crippen molar-refractivity contribution in [2.75, 3.05) is 38.8 Å². The van der Waals surface area contributed by atoms with Crippen LogP contribution in [0.1, 0.15) is 6.42 Å². The summed E-state index contributed by atoms with van der Waals surface area (Å²) in [5.74, 6) is 2.02. The molecule has 0 bridgehead atoms. The molecule has 1 amide bonds. The topological polar surface area (TPSA) is 74.0 Å². The first-order chi connectivity index (χ1) is 12.1. The molecule has 2 N–H and O–H groups in total. The van der Waals surface area contributed by atoms with Crippen molar-refractivity contribution >= 4 is 11.6 Å². The molecule has 0 aliphatic heterocycles. The average Bonchev–Trinajstić information content (AvgIpc) is 2.65. The van der Waals surface area contributed by atoms with Crippen LogP contribution in [0.25, 0.3) is 0 Å². The number of hydrogen-bond donors (Lipinski definition) is 1. The van der Waals surface area contributed by atoms with E-state index in [0.29, 0.717) is 19.7 Å². The summed E-state index contributed by atoms with van der Waals surface area (Å²) in [6.07, 6.45) is 0.286. The number of anilines is 1. The lowest BCUT2D eigenvalue weighted by atomic mass is 10.2. The Morgan fingerprint density at radius 1 is 0.880 bits per heavy atom. The fourth-order valence-electron chi connectivity index (χ4n) is 2.35. The number of ether oxygens (including phenoxy) is 3. The first-order valence-electron chi connectivity index (χ1n) is 8.06. The van der Waals surface area contributed by atoms with Gasteiger partial charge in [0.1, 0.15) is 23.9 Å². The lowest BCUT2D eigenvalue weighted by Crippen LogP contribution is -2.31. The molecule has 134 valence electrons. The van der Waals surface area contributed by atoms with E-state index >= 15 is 0 Å². The number of carbonyl (C=O) groups excluding carboxylic acids is 1. The van der Waals surface area contributed by atoms with Crippen LogP contribution in [-0.4, -0.2) is 39.8 Å². The molecule has 0 saturated heterocycles. The molecule has 0 unspecified atom stereocenters. The van der Waals surface area contributed by atoms with Gasteiger partial charge in [-0.1, -0.05) is 0 Å². The van der Waals surface area contributed by atoms with Gasteiger partial charge in [0.05, 0.1) is 20.8 Å². The van der Waals surface area contributed by atoms with Gasteiger partial charge in [-0.2, -0.15) is 0 Å². The summed E-state index contributed by atoms with van der Waals surface area (Å²) in [6, 6.07) is 15.1. The SMILES string of the molecule is COc1ccc(OCCN(CCC(N)=O)c2ccc(OC)cc2)cc1. The van der Waals surface area contributed by atoms with Crippen molar-refractivity contribution in [2.45, 2.75) is 6.42 Å². The largest absolute Gasteiger partial charge is 0.497 e. The number of hydrogen-bond acceptors (Lipinski definition) is 5. The summed E-state index contributed by atoms with van der Waals surface area (Å²) < 4.78 is 16.1. The minimum absolute atomic E-state index is 0.286. The van der Waals surface area contributed by atoms with E-state index in [1.165, 1.54) is 0 Å². The minimum Gasteiger partial charge on any atom is -0.497 e. The zero-order chi connectivity index (χ0) is 18.1. The third-order valence-corrected chi connectivity index (χ3v) is 3.76. The van der Waals surface area contributed by atoms with E-state index in [-0.39, 0.29) is 12.3 Å². The standard InChI is InChI=1S/C19H24N2O4/c1-23-16-5-3-15(4-6-16)21(12-11-19(20)22)13-14-25-18-9-7-17(24-2)8-10-18/h3-10H,11-14H2,1-2H3,(H2,20,22). The Kier molecular flexibility index (Phi) is 6.95. The Labute approximate surface area is 148 Å². The van der Waals surface area contributed by atoms with E-state index in [2.05, 4.69) is 4.90 Å². The van der Waals surface area contributed by atoms with Crippen molar-refractivity contribution in [3.63, 3.8) is 0 Å². The van der Waals surface area contributed by atoms with Crippen molar-refractivity contribution in [1.29, 1.82) is 0 Å². The van der Waals surface area contributed by atoms with Crippen LogP contribution in [0, 0.1) is 0 Å². The van der Waals surface area contributed by atoms with Crippen LogP contribution in [0.2, 0.25) is 0 Å². The number of carbonyl (C=O) groups is 1. The van der Waals surface area contributed by atoms with E-state index in [0.717, 1.165) is 22.9 Å². The third-order valence-electron chi connectivity index (χ3n) is 3.76. The van der Waals surface area contributed by atoms with Gasteiger partial charge in [0.15, 0.2) is 0 Å². The number of amides is 1. The second kappa shape index (κ2) is 9.42. The van der Waals surface area contributed by atoms with Crippen LogP contribution in [0.4, 0.5) is 5.69 Å². The number of primary amides is 1. The van der Waals surface area contributed by atoms with Gasteiger partial charge < -0.3 is 24.8 Å². The van der Waals surface area contributed by atoms with Gasteiger partial charge in [0.25, 0.3) is 0 Å². The fourth-order valence-corrected chi connectivity index (χ4v) is 2.35. The summed E-state index contributed by atoms with van der Waals surface area (Å²) in [5.41, 5.74) is 6.27. The van der Waals surface area contributed by atoms with Gasteiger partial charge in [-0.3, -0.25) is 4.79 Å². The normalized spacial score (nSPS) is 10.2. The molecule has 6 heteroatoms. The smallest absolute Gasteiger partial charge is 0.219 e. The van der Waals surface area contributed by atoms with Crippen molar-refractivity contribution in [2.24, 2.45) is 5.73 Å². The molecule has 2 rings (SSSR count). The van der Waals surface area contributed by atoms with Crippen LogP contribution in [0.5, 0.6) is 17.2 Å². The average molecular weight is 344 g/mol. The molecule has 0 heterocycles. The first kappa shape index (κ1) is 18.4. The predicted molar refractivity (Wildman–Crippen MR) is 97.5 cm³/mol. The Morgan fingerprint density at radius 2 is 1.40 bits per heavy atom. The highest BCUT2D eigenvalue weighted by Gasteiger charge is 2.09. The maximum Gasteiger partial charge on any atom is 0.219 e. The molecule has 6 nitrogen and oxygen atoms in total. The van der Waals surface area contributed by atoms with Crippen molar-refractivity contribution in [3.05, 3.63) is 48.5 Å². The molecule has 0 fully saturated rings. The summed E-state index contributed by atoms with van der Waals surface area (Å²) in [6.45, 7) is 1.65. The molecule has 25 heavy (non-hydrogen) atoms. The van der Waals surface area contributed by atoms with Gasteiger partial charge in [0.2, 0.25) is 5.91 Å². The molecular weight excluding hydrogens is 320 g/mol. The Hall–Kier alpha value is -2.89. The van der Waals surface area contributed by atoms with Crippen molar-refractivity contribution in [1.82, 2.24) is 0 Å². The molecule has 0 aliphatic rings. The Balaban J connectivity index is 1.95. The van der Waals surface area contributed by atoms with Gasteiger partial charge in [-0.25, -0.2) is 0 Å².